The van der Waals surface area contributed by atoms with Gasteiger partial charge < -0.3 is 21.1 Å². The van der Waals surface area contributed by atoms with Crippen molar-refractivity contribution < 1.29 is 9.53 Å². The maximum absolute atomic E-state index is 12.2. The van der Waals surface area contributed by atoms with Crippen LogP contribution in [0.4, 0.5) is 16.6 Å². The molecule has 0 aliphatic rings. The Morgan fingerprint density at radius 3 is 2.76 bits per heavy atom. The second-order valence-electron chi connectivity index (χ2n) is 4.58. The number of anilines is 3. The van der Waals surface area contributed by atoms with Crippen LogP contribution in [0.2, 0.25) is 0 Å². The van der Waals surface area contributed by atoms with Crippen LogP contribution in [0.15, 0.2) is 18.3 Å². The third-order valence-corrected chi connectivity index (χ3v) is 3.48. The maximum Gasteiger partial charge on any atom is 0.269 e. The molecule has 2 heterocycles. The summed E-state index contributed by atoms with van der Waals surface area (Å²) in [6.07, 6.45) is 1.52. The van der Waals surface area contributed by atoms with E-state index in [9.17, 15) is 4.79 Å². The van der Waals surface area contributed by atoms with E-state index in [1.165, 1.54) is 24.6 Å². The molecule has 112 valence electrons. The Balaban J connectivity index is 2.10. The molecule has 0 bridgehead atoms. The lowest BCUT2D eigenvalue weighted by atomic mass is 10.4. The first kappa shape index (κ1) is 15.0. The molecule has 1 amide bonds. The number of hydrogen-bond donors (Lipinski definition) is 3. The lowest BCUT2D eigenvalue weighted by molar-refractivity contribution is 0.103. The quantitative estimate of drug-likeness (QED) is 0.782. The highest BCUT2D eigenvalue weighted by Gasteiger charge is 2.16. The second-order valence-corrected chi connectivity index (χ2v) is 5.57. The van der Waals surface area contributed by atoms with Gasteiger partial charge in [0.2, 0.25) is 5.88 Å². The zero-order chi connectivity index (χ0) is 15.4. The van der Waals surface area contributed by atoms with Crippen LogP contribution in [-0.2, 0) is 0 Å². The molecule has 2 rings (SSSR count). The van der Waals surface area contributed by atoms with E-state index in [2.05, 4.69) is 20.6 Å². The van der Waals surface area contributed by atoms with E-state index in [0.29, 0.717) is 21.6 Å². The van der Waals surface area contributed by atoms with Crippen molar-refractivity contribution >= 4 is 33.9 Å². The molecule has 0 saturated carbocycles. The Bertz CT molecular complexity index is 624. The molecule has 0 radical (unpaired) electrons. The van der Waals surface area contributed by atoms with E-state index in [1.807, 2.05) is 13.8 Å². The van der Waals surface area contributed by atoms with Crippen LogP contribution in [0, 0.1) is 0 Å². The Hall–Kier alpha value is -2.35. The minimum Gasteiger partial charge on any atom is -0.481 e. The van der Waals surface area contributed by atoms with Crippen molar-refractivity contribution in [3.63, 3.8) is 0 Å². The normalized spacial score (nSPS) is 10.5. The lowest BCUT2D eigenvalue weighted by Crippen LogP contribution is -2.12. The molecule has 21 heavy (non-hydrogen) atoms. The first-order valence-corrected chi connectivity index (χ1v) is 7.15. The van der Waals surface area contributed by atoms with E-state index in [4.69, 9.17) is 10.5 Å². The zero-order valence-corrected chi connectivity index (χ0v) is 12.8. The number of amides is 1. The van der Waals surface area contributed by atoms with Crippen LogP contribution >= 0.6 is 11.3 Å². The Kier molecular flexibility index (Phi) is 4.59. The number of nitrogens with two attached hydrogens (primary N) is 1. The van der Waals surface area contributed by atoms with Crippen LogP contribution < -0.4 is 21.1 Å². The number of nitrogens with one attached hydrogen (secondary N) is 2. The summed E-state index contributed by atoms with van der Waals surface area (Å²) >= 11 is 1.22. The van der Waals surface area contributed by atoms with Crippen molar-refractivity contribution in [2.24, 2.45) is 0 Å². The third kappa shape index (κ3) is 3.82. The molecule has 0 aliphatic heterocycles. The maximum atomic E-state index is 12.2. The molecule has 0 fully saturated rings. The monoisotopic (exact) mass is 307 g/mol. The topological polar surface area (TPSA) is 102 Å². The van der Waals surface area contributed by atoms with Gasteiger partial charge in [0.05, 0.1) is 19.0 Å². The highest BCUT2D eigenvalue weighted by molar-refractivity contribution is 7.18. The fourth-order valence-electron chi connectivity index (χ4n) is 1.57. The van der Waals surface area contributed by atoms with Gasteiger partial charge in [-0.15, -0.1) is 0 Å². The van der Waals surface area contributed by atoms with Crippen LogP contribution in [0.3, 0.4) is 0 Å². The Labute approximate surface area is 126 Å². The molecule has 0 atom stereocenters. The van der Waals surface area contributed by atoms with E-state index >= 15 is 0 Å². The van der Waals surface area contributed by atoms with Gasteiger partial charge in [-0.3, -0.25) is 4.79 Å². The van der Waals surface area contributed by atoms with Gasteiger partial charge in [-0.2, -0.15) is 0 Å². The number of ether oxygens (including phenoxy) is 1. The van der Waals surface area contributed by atoms with Crippen LogP contribution in [-0.4, -0.2) is 29.0 Å². The first-order valence-electron chi connectivity index (χ1n) is 6.34. The number of aromatic nitrogens is 2. The van der Waals surface area contributed by atoms with Gasteiger partial charge in [0.15, 0.2) is 5.13 Å². The van der Waals surface area contributed by atoms with Crippen LogP contribution in [0.1, 0.15) is 23.5 Å². The van der Waals surface area contributed by atoms with E-state index < -0.39 is 0 Å². The van der Waals surface area contributed by atoms with Crippen molar-refractivity contribution in [1.29, 1.82) is 0 Å². The van der Waals surface area contributed by atoms with Gasteiger partial charge in [-0.1, -0.05) is 11.3 Å². The van der Waals surface area contributed by atoms with Gasteiger partial charge in [0, 0.05) is 12.1 Å². The van der Waals surface area contributed by atoms with E-state index in [1.54, 1.807) is 12.1 Å². The summed E-state index contributed by atoms with van der Waals surface area (Å²) in [4.78, 5) is 20.7. The van der Waals surface area contributed by atoms with Crippen molar-refractivity contribution in [2.45, 2.75) is 19.9 Å². The molecule has 0 unspecified atom stereocenters. The molecule has 0 aliphatic carbocycles. The SMILES string of the molecule is COc1ccc(NC(=O)c2sc(NC(C)C)nc2N)cn1. The highest BCUT2D eigenvalue weighted by atomic mass is 32.1. The number of hydrogen-bond acceptors (Lipinski definition) is 7. The summed E-state index contributed by atoms with van der Waals surface area (Å²) in [6.45, 7) is 3.97. The molecule has 0 spiro atoms. The highest BCUT2D eigenvalue weighted by Crippen LogP contribution is 2.26. The summed E-state index contributed by atoms with van der Waals surface area (Å²) in [5, 5.41) is 6.47. The number of thiazole rings is 1. The number of carbonyl (C=O) groups is 1. The van der Waals surface area contributed by atoms with Crippen molar-refractivity contribution in [3.8, 4) is 5.88 Å². The second kappa shape index (κ2) is 6.40. The standard InChI is InChI=1S/C13H17N5O2S/c1-7(2)16-13-18-11(14)10(21-13)12(19)17-8-4-5-9(20-3)15-6-8/h4-7H,14H2,1-3H3,(H,16,18)(H,17,19). The summed E-state index contributed by atoms with van der Waals surface area (Å²) in [7, 11) is 1.53. The minimum absolute atomic E-state index is 0.210. The molecule has 0 aromatic carbocycles. The van der Waals surface area contributed by atoms with Crippen molar-refractivity contribution in [1.82, 2.24) is 9.97 Å². The van der Waals surface area contributed by atoms with Gasteiger partial charge >= 0.3 is 0 Å². The van der Waals surface area contributed by atoms with Crippen molar-refractivity contribution in [3.05, 3.63) is 23.2 Å². The van der Waals surface area contributed by atoms with Crippen molar-refractivity contribution in [2.75, 3.05) is 23.5 Å². The van der Waals surface area contributed by atoms with Gasteiger partial charge in [-0.05, 0) is 19.9 Å². The molecule has 4 N–H and O–H groups in total. The molecular weight excluding hydrogens is 290 g/mol. The molecule has 2 aromatic heterocycles. The molecule has 8 heteroatoms. The summed E-state index contributed by atoms with van der Waals surface area (Å²) in [5.74, 6) is 0.379. The predicted octanol–water partition coefficient (Wildman–Crippen LogP) is 2.20. The first-order chi connectivity index (χ1) is 9.99. The Morgan fingerprint density at radius 1 is 1.43 bits per heavy atom. The smallest absolute Gasteiger partial charge is 0.269 e. The van der Waals surface area contributed by atoms with Crippen LogP contribution in [0.5, 0.6) is 5.88 Å². The summed E-state index contributed by atoms with van der Waals surface area (Å²) < 4.78 is 4.96. The Morgan fingerprint density at radius 2 is 2.19 bits per heavy atom. The average Bonchev–Trinajstić information content (AvgIpc) is 2.79. The molecular formula is C13H17N5O2S. The number of rotatable bonds is 5. The fourth-order valence-corrected chi connectivity index (χ4v) is 2.49. The zero-order valence-electron chi connectivity index (χ0n) is 12.0. The van der Waals surface area contributed by atoms with Gasteiger partial charge in [0.25, 0.3) is 5.91 Å². The number of carbonyl (C=O) groups excluding carboxylic acids is 1. The molecule has 0 saturated heterocycles. The van der Waals surface area contributed by atoms with Gasteiger partial charge in [0.1, 0.15) is 10.7 Å². The number of methoxy groups -OCH3 is 1. The predicted molar refractivity (Wildman–Crippen MR) is 84.0 cm³/mol. The van der Waals surface area contributed by atoms with Gasteiger partial charge in [-0.25, -0.2) is 9.97 Å². The summed E-state index contributed by atoms with van der Waals surface area (Å²) in [5.41, 5.74) is 6.34. The van der Waals surface area contributed by atoms with Crippen LogP contribution in [0.25, 0.3) is 0 Å². The largest absolute Gasteiger partial charge is 0.481 e. The number of nitrogens with zero attached hydrogens (tertiary/aromatic N) is 2. The summed E-state index contributed by atoms with van der Waals surface area (Å²) in [6, 6.07) is 3.59. The molecule has 2 aromatic rings. The number of nitrogen functional groups attached to an aromatic ring is 1. The van der Waals surface area contributed by atoms with E-state index in [0.717, 1.165) is 0 Å². The van der Waals surface area contributed by atoms with E-state index in [-0.39, 0.29) is 17.8 Å². The lowest BCUT2D eigenvalue weighted by Gasteiger charge is -2.05. The molecule has 7 nitrogen and oxygen atoms in total. The minimum atomic E-state index is -0.311. The third-order valence-electron chi connectivity index (χ3n) is 2.48. The number of pyridine rings is 1. The average molecular weight is 307 g/mol. The fraction of sp³-hybridized carbons (Fsp3) is 0.308.